The predicted molar refractivity (Wildman–Crippen MR) is 43.9 cm³/mol. The summed E-state index contributed by atoms with van der Waals surface area (Å²) in [5.41, 5.74) is 11.5. The van der Waals surface area contributed by atoms with E-state index in [2.05, 4.69) is 4.98 Å². The fourth-order valence-corrected chi connectivity index (χ4v) is 1.05. The first-order valence-corrected chi connectivity index (χ1v) is 3.61. The second-order valence-corrected chi connectivity index (χ2v) is 2.71. The van der Waals surface area contributed by atoms with Crippen molar-refractivity contribution >= 4 is 5.91 Å². The van der Waals surface area contributed by atoms with Gasteiger partial charge in [-0.2, -0.15) is 0 Å². The zero-order valence-electron chi connectivity index (χ0n) is 6.90. The van der Waals surface area contributed by atoms with E-state index in [0.717, 1.165) is 5.69 Å². The number of nitrogens with two attached hydrogens (primary N) is 2. The van der Waals surface area contributed by atoms with Crippen LogP contribution in [-0.4, -0.2) is 15.5 Å². The van der Waals surface area contributed by atoms with Crippen LogP contribution in [0.25, 0.3) is 0 Å². The van der Waals surface area contributed by atoms with Crippen LogP contribution in [0.5, 0.6) is 0 Å². The molecule has 0 saturated carbocycles. The van der Waals surface area contributed by atoms with Gasteiger partial charge in [-0.1, -0.05) is 0 Å². The van der Waals surface area contributed by atoms with Gasteiger partial charge in [0.2, 0.25) is 5.91 Å². The molecule has 5 nitrogen and oxygen atoms in total. The van der Waals surface area contributed by atoms with Crippen molar-refractivity contribution in [1.82, 2.24) is 9.55 Å². The second-order valence-electron chi connectivity index (χ2n) is 2.71. The number of aromatic nitrogens is 2. The molecule has 4 N–H and O–H groups in total. The van der Waals surface area contributed by atoms with Gasteiger partial charge < -0.3 is 16.0 Å². The SMILES string of the molecule is Cn1cncc1[C@@H](N)CC(N)=O. The number of carbonyl (C=O) groups excluding carboxylic acids is 1. The first-order chi connectivity index (χ1) is 5.61. The maximum absolute atomic E-state index is 10.5. The minimum absolute atomic E-state index is 0.152. The molecule has 1 heterocycles. The lowest BCUT2D eigenvalue weighted by molar-refractivity contribution is -0.118. The fraction of sp³-hybridized carbons (Fsp3) is 0.429. The molecule has 1 aromatic rings. The summed E-state index contributed by atoms with van der Waals surface area (Å²) in [4.78, 5) is 14.4. The van der Waals surface area contributed by atoms with Crippen molar-refractivity contribution in [3.05, 3.63) is 18.2 Å². The highest BCUT2D eigenvalue weighted by Gasteiger charge is 2.11. The van der Waals surface area contributed by atoms with Gasteiger partial charge >= 0.3 is 0 Å². The van der Waals surface area contributed by atoms with Gasteiger partial charge in [-0.15, -0.1) is 0 Å². The van der Waals surface area contributed by atoms with Crippen LogP contribution < -0.4 is 11.5 Å². The second kappa shape index (κ2) is 3.36. The zero-order valence-corrected chi connectivity index (χ0v) is 6.90. The van der Waals surface area contributed by atoms with Crippen molar-refractivity contribution in [3.63, 3.8) is 0 Å². The van der Waals surface area contributed by atoms with Crippen LogP contribution in [0, 0.1) is 0 Å². The number of rotatable bonds is 3. The number of imidazole rings is 1. The van der Waals surface area contributed by atoms with Crippen LogP contribution in [0.3, 0.4) is 0 Å². The van der Waals surface area contributed by atoms with Crippen LogP contribution in [0.4, 0.5) is 0 Å². The summed E-state index contributed by atoms with van der Waals surface area (Å²) in [6.07, 6.45) is 3.42. The van der Waals surface area contributed by atoms with Gasteiger partial charge in [-0.25, -0.2) is 4.98 Å². The molecular formula is C7H12N4O. The average molecular weight is 168 g/mol. The van der Waals surface area contributed by atoms with Crippen molar-refractivity contribution in [3.8, 4) is 0 Å². The van der Waals surface area contributed by atoms with Crippen molar-refractivity contribution in [2.45, 2.75) is 12.5 Å². The van der Waals surface area contributed by atoms with Crippen LogP contribution in [0.1, 0.15) is 18.2 Å². The Hall–Kier alpha value is -1.36. The van der Waals surface area contributed by atoms with Gasteiger partial charge in [0.1, 0.15) is 0 Å². The van der Waals surface area contributed by atoms with E-state index in [0.29, 0.717) is 0 Å². The molecule has 0 unspecified atom stereocenters. The van der Waals surface area contributed by atoms with Gasteiger partial charge in [0.25, 0.3) is 0 Å². The third-order valence-electron chi connectivity index (χ3n) is 1.65. The number of primary amides is 1. The minimum Gasteiger partial charge on any atom is -0.370 e. The Morgan fingerprint density at radius 2 is 2.50 bits per heavy atom. The first-order valence-electron chi connectivity index (χ1n) is 3.61. The highest BCUT2D eigenvalue weighted by molar-refractivity contribution is 5.74. The predicted octanol–water partition coefficient (Wildman–Crippen LogP) is -0.705. The van der Waals surface area contributed by atoms with E-state index in [1.165, 1.54) is 0 Å². The molecule has 0 aliphatic rings. The number of aryl methyl sites for hydroxylation is 1. The molecule has 12 heavy (non-hydrogen) atoms. The van der Waals surface area contributed by atoms with Gasteiger partial charge in [-0.3, -0.25) is 4.79 Å². The molecule has 0 spiro atoms. The summed E-state index contributed by atoms with van der Waals surface area (Å²) in [7, 11) is 1.82. The lowest BCUT2D eigenvalue weighted by atomic mass is 10.1. The Morgan fingerprint density at radius 1 is 1.83 bits per heavy atom. The molecule has 1 atom stereocenters. The van der Waals surface area contributed by atoms with E-state index in [-0.39, 0.29) is 12.5 Å². The van der Waals surface area contributed by atoms with E-state index in [9.17, 15) is 4.79 Å². The van der Waals surface area contributed by atoms with E-state index in [1.807, 2.05) is 7.05 Å². The molecule has 0 saturated heterocycles. The van der Waals surface area contributed by atoms with E-state index >= 15 is 0 Å². The maximum Gasteiger partial charge on any atom is 0.219 e. The maximum atomic E-state index is 10.5. The van der Waals surface area contributed by atoms with Crippen molar-refractivity contribution in [2.75, 3.05) is 0 Å². The molecule has 0 aliphatic heterocycles. The minimum atomic E-state index is -0.399. The molecule has 5 heteroatoms. The highest BCUT2D eigenvalue weighted by atomic mass is 16.1. The number of hydrogen-bond donors (Lipinski definition) is 2. The monoisotopic (exact) mass is 168 g/mol. The summed E-state index contributed by atoms with van der Waals surface area (Å²) >= 11 is 0. The quantitative estimate of drug-likeness (QED) is 0.625. The summed E-state index contributed by atoms with van der Waals surface area (Å²) in [5.74, 6) is -0.399. The third kappa shape index (κ3) is 1.82. The average Bonchev–Trinajstić information content (AvgIpc) is 2.33. The van der Waals surface area contributed by atoms with Gasteiger partial charge in [-0.05, 0) is 0 Å². The standard InChI is InChI=1S/C7H12N4O/c1-11-4-10-3-6(11)5(8)2-7(9)12/h3-5H,2,8H2,1H3,(H2,9,12)/t5-/m0/s1. The fourth-order valence-electron chi connectivity index (χ4n) is 1.05. The summed E-state index contributed by atoms with van der Waals surface area (Å²) < 4.78 is 1.77. The first kappa shape index (κ1) is 8.73. The van der Waals surface area contributed by atoms with E-state index in [1.54, 1.807) is 17.1 Å². The molecule has 0 aromatic carbocycles. The molecule has 66 valence electrons. The molecule has 0 bridgehead atoms. The molecule has 0 aliphatic carbocycles. The van der Waals surface area contributed by atoms with Gasteiger partial charge in [0.05, 0.1) is 18.1 Å². The van der Waals surface area contributed by atoms with Crippen molar-refractivity contribution < 1.29 is 4.79 Å². The normalized spacial score (nSPS) is 12.8. The molecular weight excluding hydrogens is 156 g/mol. The Morgan fingerprint density at radius 3 is 2.92 bits per heavy atom. The number of hydrogen-bond acceptors (Lipinski definition) is 3. The smallest absolute Gasteiger partial charge is 0.219 e. The largest absolute Gasteiger partial charge is 0.370 e. The molecule has 0 fully saturated rings. The van der Waals surface area contributed by atoms with E-state index < -0.39 is 5.91 Å². The van der Waals surface area contributed by atoms with Crippen molar-refractivity contribution in [1.29, 1.82) is 0 Å². The molecule has 1 aromatic heterocycles. The lowest BCUT2D eigenvalue weighted by Crippen LogP contribution is -2.22. The summed E-state index contributed by atoms with van der Waals surface area (Å²) in [6, 6.07) is -0.352. The topological polar surface area (TPSA) is 86.9 Å². The lowest BCUT2D eigenvalue weighted by Gasteiger charge is -2.08. The summed E-state index contributed by atoms with van der Waals surface area (Å²) in [5, 5.41) is 0. The summed E-state index contributed by atoms with van der Waals surface area (Å²) in [6.45, 7) is 0. The number of nitrogens with zero attached hydrogens (tertiary/aromatic N) is 2. The Balaban J connectivity index is 2.71. The van der Waals surface area contributed by atoms with Crippen LogP contribution in [0.2, 0.25) is 0 Å². The van der Waals surface area contributed by atoms with Gasteiger partial charge in [0.15, 0.2) is 0 Å². The molecule has 1 amide bonds. The van der Waals surface area contributed by atoms with Crippen LogP contribution in [-0.2, 0) is 11.8 Å². The van der Waals surface area contributed by atoms with Crippen molar-refractivity contribution in [2.24, 2.45) is 18.5 Å². The highest BCUT2D eigenvalue weighted by Crippen LogP contribution is 2.10. The zero-order chi connectivity index (χ0) is 9.14. The molecule has 0 radical (unpaired) electrons. The third-order valence-corrected chi connectivity index (χ3v) is 1.65. The Labute approximate surface area is 70.4 Å². The number of amides is 1. The van der Waals surface area contributed by atoms with Crippen LogP contribution in [0.15, 0.2) is 12.5 Å². The van der Waals surface area contributed by atoms with Crippen LogP contribution >= 0.6 is 0 Å². The molecule has 1 rings (SSSR count). The van der Waals surface area contributed by atoms with Gasteiger partial charge in [0, 0.05) is 19.7 Å². The number of carbonyl (C=O) groups is 1. The Kier molecular flexibility index (Phi) is 2.44. The Bertz CT molecular complexity index is 281. The van der Waals surface area contributed by atoms with E-state index in [4.69, 9.17) is 11.5 Å².